The molecule has 0 aliphatic heterocycles. The molecule has 1 aromatic heterocycles. The lowest BCUT2D eigenvalue weighted by molar-refractivity contribution is 0.199. The monoisotopic (exact) mass is 157 g/mol. The van der Waals surface area contributed by atoms with Gasteiger partial charge in [-0.2, -0.15) is 0 Å². The summed E-state index contributed by atoms with van der Waals surface area (Å²) < 4.78 is 0. The second kappa shape index (κ2) is 2.99. The van der Waals surface area contributed by atoms with E-state index in [-0.39, 0.29) is 0 Å². The SMILES string of the molecule is CC(O)c1cncc(Cl)c1. The van der Waals surface area contributed by atoms with E-state index < -0.39 is 6.10 Å². The van der Waals surface area contributed by atoms with Gasteiger partial charge >= 0.3 is 0 Å². The van der Waals surface area contributed by atoms with E-state index >= 15 is 0 Å². The van der Waals surface area contributed by atoms with Crippen LogP contribution < -0.4 is 0 Å². The van der Waals surface area contributed by atoms with Gasteiger partial charge in [0.1, 0.15) is 0 Å². The molecule has 0 bridgehead atoms. The van der Waals surface area contributed by atoms with E-state index in [0.29, 0.717) is 5.02 Å². The van der Waals surface area contributed by atoms with Gasteiger partial charge < -0.3 is 5.11 Å². The first-order valence-corrected chi connectivity index (χ1v) is 3.36. The maximum absolute atomic E-state index is 9.05. The molecule has 1 N–H and O–H groups in total. The van der Waals surface area contributed by atoms with Crippen LogP contribution in [-0.2, 0) is 0 Å². The molecule has 3 heteroatoms. The van der Waals surface area contributed by atoms with Crippen molar-refractivity contribution in [3.8, 4) is 0 Å². The Morgan fingerprint density at radius 1 is 1.60 bits per heavy atom. The van der Waals surface area contributed by atoms with Crippen molar-refractivity contribution in [2.45, 2.75) is 13.0 Å². The Hall–Kier alpha value is -0.600. The van der Waals surface area contributed by atoms with Gasteiger partial charge in [0.2, 0.25) is 0 Å². The smallest absolute Gasteiger partial charge is 0.0777 e. The van der Waals surface area contributed by atoms with E-state index in [9.17, 15) is 0 Å². The number of hydrogen-bond acceptors (Lipinski definition) is 2. The van der Waals surface area contributed by atoms with Crippen molar-refractivity contribution in [3.05, 3.63) is 29.0 Å². The molecule has 0 saturated carbocycles. The van der Waals surface area contributed by atoms with Crippen LogP contribution in [0.1, 0.15) is 18.6 Å². The molecule has 0 radical (unpaired) electrons. The van der Waals surface area contributed by atoms with Gasteiger partial charge in [0.05, 0.1) is 11.1 Å². The van der Waals surface area contributed by atoms with Crippen LogP contribution in [0.5, 0.6) is 0 Å². The van der Waals surface area contributed by atoms with E-state index in [0.717, 1.165) is 5.56 Å². The van der Waals surface area contributed by atoms with Crippen molar-refractivity contribution < 1.29 is 5.11 Å². The average molecular weight is 158 g/mol. The van der Waals surface area contributed by atoms with Gasteiger partial charge in [0.25, 0.3) is 0 Å². The van der Waals surface area contributed by atoms with Crippen LogP contribution in [0.3, 0.4) is 0 Å². The van der Waals surface area contributed by atoms with Crippen LogP contribution in [0, 0.1) is 0 Å². The zero-order chi connectivity index (χ0) is 7.56. The highest BCUT2D eigenvalue weighted by Gasteiger charge is 1.99. The Balaban J connectivity index is 2.96. The molecule has 10 heavy (non-hydrogen) atoms. The third kappa shape index (κ3) is 1.69. The molecule has 0 aliphatic rings. The molecule has 0 fully saturated rings. The summed E-state index contributed by atoms with van der Waals surface area (Å²) in [7, 11) is 0. The minimum atomic E-state index is -0.494. The first-order chi connectivity index (χ1) is 4.70. The summed E-state index contributed by atoms with van der Waals surface area (Å²) in [6, 6.07) is 1.69. The Morgan fingerprint density at radius 2 is 2.30 bits per heavy atom. The zero-order valence-electron chi connectivity index (χ0n) is 5.58. The van der Waals surface area contributed by atoms with Crippen molar-refractivity contribution in [3.63, 3.8) is 0 Å². The molecule has 1 rings (SSSR count). The summed E-state index contributed by atoms with van der Waals surface area (Å²) in [5.74, 6) is 0. The van der Waals surface area contributed by atoms with Gasteiger partial charge in [0, 0.05) is 12.4 Å². The number of pyridine rings is 1. The van der Waals surface area contributed by atoms with Crippen molar-refractivity contribution in [1.82, 2.24) is 4.98 Å². The molecule has 2 nitrogen and oxygen atoms in total. The summed E-state index contributed by atoms with van der Waals surface area (Å²) >= 11 is 5.62. The van der Waals surface area contributed by atoms with Gasteiger partial charge in [-0.3, -0.25) is 4.98 Å². The van der Waals surface area contributed by atoms with Crippen LogP contribution in [0.15, 0.2) is 18.5 Å². The highest BCUT2D eigenvalue weighted by atomic mass is 35.5. The van der Waals surface area contributed by atoms with Crippen molar-refractivity contribution in [2.24, 2.45) is 0 Å². The number of nitrogens with zero attached hydrogens (tertiary/aromatic N) is 1. The molecule has 0 aliphatic carbocycles. The maximum Gasteiger partial charge on any atom is 0.0777 e. The summed E-state index contributed by atoms with van der Waals surface area (Å²) in [6.45, 7) is 1.67. The Kier molecular flexibility index (Phi) is 2.25. The molecular formula is C7H8ClNO. The summed E-state index contributed by atoms with van der Waals surface area (Å²) in [4.78, 5) is 3.81. The third-order valence-electron chi connectivity index (χ3n) is 1.21. The second-order valence-corrected chi connectivity index (χ2v) is 2.55. The Bertz CT molecular complexity index is 225. The van der Waals surface area contributed by atoms with Crippen LogP contribution in [-0.4, -0.2) is 10.1 Å². The minimum absolute atomic E-state index is 0.494. The fraction of sp³-hybridized carbons (Fsp3) is 0.286. The standard InChI is InChI=1S/C7H8ClNO/c1-5(10)6-2-7(8)4-9-3-6/h2-5,10H,1H3. The van der Waals surface area contributed by atoms with Crippen molar-refractivity contribution >= 4 is 11.6 Å². The number of hydrogen-bond donors (Lipinski definition) is 1. The number of aliphatic hydroxyl groups is 1. The van der Waals surface area contributed by atoms with E-state index in [2.05, 4.69) is 4.98 Å². The Morgan fingerprint density at radius 3 is 2.70 bits per heavy atom. The van der Waals surface area contributed by atoms with E-state index in [1.54, 1.807) is 19.2 Å². The molecule has 0 spiro atoms. The lowest BCUT2D eigenvalue weighted by Crippen LogP contribution is -1.90. The average Bonchev–Trinajstić information content (AvgIpc) is 1.88. The van der Waals surface area contributed by atoms with E-state index in [1.807, 2.05) is 0 Å². The highest BCUT2D eigenvalue weighted by Crippen LogP contribution is 2.14. The van der Waals surface area contributed by atoms with Crippen LogP contribution in [0.25, 0.3) is 0 Å². The zero-order valence-corrected chi connectivity index (χ0v) is 6.34. The largest absolute Gasteiger partial charge is 0.389 e. The number of halogens is 1. The fourth-order valence-electron chi connectivity index (χ4n) is 0.657. The fourth-order valence-corrected chi connectivity index (χ4v) is 0.839. The van der Waals surface area contributed by atoms with Crippen molar-refractivity contribution in [1.29, 1.82) is 0 Å². The first kappa shape index (κ1) is 7.51. The quantitative estimate of drug-likeness (QED) is 0.674. The molecule has 54 valence electrons. The maximum atomic E-state index is 9.05. The Labute approximate surface area is 64.5 Å². The van der Waals surface area contributed by atoms with Crippen LogP contribution in [0.4, 0.5) is 0 Å². The predicted octanol–water partition coefficient (Wildman–Crippen LogP) is 1.79. The van der Waals surface area contributed by atoms with E-state index in [1.165, 1.54) is 6.20 Å². The van der Waals surface area contributed by atoms with Gasteiger partial charge in [-0.15, -0.1) is 0 Å². The number of aromatic nitrogens is 1. The highest BCUT2D eigenvalue weighted by molar-refractivity contribution is 6.30. The summed E-state index contributed by atoms with van der Waals surface area (Å²) in [5.41, 5.74) is 0.743. The van der Waals surface area contributed by atoms with Gasteiger partial charge in [-0.25, -0.2) is 0 Å². The summed E-state index contributed by atoms with van der Waals surface area (Å²) in [5, 5.41) is 9.60. The summed E-state index contributed by atoms with van der Waals surface area (Å²) in [6.07, 6.45) is 2.63. The molecule has 1 aromatic rings. The number of aliphatic hydroxyl groups excluding tert-OH is 1. The molecule has 0 amide bonds. The molecule has 1 heterocycles. The lowest BCUT2D eigenvalue weighted by atomic mass is 10.2. The van der Waals surface area contributed by atoms with E-state index in [4.69, 9.17) is 16.7 Å². The molecule has 1 unspecified atom stereocenters. The normalized spacial score (nSPS) is 13.1. The first-order valence-electron chi connectivity index (χ1n) is 2.98. The number of rotatable bonds is 1. The van der Waals surface area contributed by atoms with Gasteiger partial charge in [-0.05, 0) is 18.6 Å². The van der Waals surface area contributed by atoms with Crippen molar-refractivity contribution in [2.75, 3.05) is 0 Å². The predicted molar refractivity (Wildman–Crippen MR) is 39.9 cm³/mol. The molecule has 0 aromatic carbocycles. The lowest BCUT2D eigenvalue weighted by Gasteiger charge is -2.01. The third-order valence-corrected chi connectivity index (χ3v) is 1.42. The molecular weight excluding hydrogens is 150 g/mol. The molecule has 1 atom stereocenters. The molecule has 0 saturated heterocycles. The van der Waals surface area contributed by atoms with Crippen LogP contribution in [0.2, 0.25) is 5.02 Å². The van der Waals surface area contributed by atoms with Gasteiger partial charge in [-0.1, -0.05) is 11.6 Å². The van der Waals surface area contributed by atoms with Crippen LogP contribution >= 0.6 is 11.6 Å². The van der Waals surface area contributed by atoms with Gasteiger partial charge in [0.15, 0.2) is 0 Å². The second-order valence-electron chi connectivity index (χ2n) is 2.11. The minimum Gasteiger partial charge on any atom is -0.389 e. The topological polar surface area (TPSA) is 33.1 Å².